The molecule has 2 heterocycles. The Hall–Kier alpha value is -3.77. The third-order valence-electron chi connectivity index (χ3n) is 6.40. The standard InChI is InChI=1S/C29H26FNO4/c1-18-3-12-24-25(17-18)31-28(35-23-10-6-21(7-11-23)29(32)33-2)27(20-13-15-34-16-14-20)26(24)19-4-8-22(30)9-5-19/h3-12,17,20H,13-16H2,1-2H3. The molecule has 5 nitrogen and oxygen atoms in total. The number of methoxy groups -OCH3 is 1. The van der Waals surface area contributed by atoms with Crippen LogP contribution in [-0.2, 0) is 9.47 Å². The number of carbonyl (C=O) groups excluding carboxylic acids is 1. The van der Waals surface area contributed by atoms with Crippen LogP contribution in [0.4, 0.5) is 4.39 Å². The third-order valence-corrected chi connectivity index (χ3v) is 6.40. The first-order valence-corrected chi connectivity index (χ1v) is 11.7. The minimum atomic E-state index is -0.405. The van der Waals surface area contributed by atoms with E-state index in [0.717, 1.165) is 46.0 Å². The van der Waals surface area contributed by atoms with Gasteiger partial charge < -0.3 is 14.2 Å². The monoisotopic (exact) mass is 471 g/mol. The highest BCUT2D eigenvalue weighted by molar-refractivity contribution is 5.98. The number of pyridine rings is 1. The number of aromatic nitrogens is 1. The summed E-state index contributed by atoms with van der Waals surface area (Å²) in [5.41, 5.74) is 5.24. The first kappa shape index (κ1) is 23.0. The van der Waals surface area contributed by atoms with Gasteiger partial charge in [-0.3, -0.25) is 0 Å². The number of hydrogen-bond acceptors (Lipinski definition) is 5. The van der Waals surface area contributed by atoms with Crippen LogP contribution in [0.25, 0.3) is 22.0 Å². The molecule has 1 aliphatic heterocycles. The molecule has 4 aromatic rings. The second-order valence-electron chi connectivity index (χ2n) is 8.74. The molecule has 35 heavy (non-hydrogen) atoms. The van der Waals surface area contributed by atoms with Gasteiger partial charge in [0.2, 0.25) is 5.88 Å². The van der Waals surface area contributed by atoms with Crippen molar-refractivity contribution in [2.75, 3.05) is 20.3 Å². The highest BCUT2D eigenvalue weighted by atomic mass is 19.1. The number of rotatable bonds is 5. The summed E-state index contributed by atoms with van der Waals surface area (Å²) in [6, 6.07) is 19.6. The van der Waals surface area contributed by atoms with Gasteiger partial charge in [0.15, 0.2) is 0 Å². The zero-order valence-corrected chi connectivity index (χ0v) is 19.7. The molecule has 5 rings (SSSR count). The summed E-state index contributed by atoms with van der Waals surface area (Å²) < 4.78 is 30.6. The van der Waals surface area contributed by atoms with Crippen molar-refractivity contribution >= 4 is 16.9 Å². The van der Waals surface area contributed by atoms with Crippen molar-refractivity contribution in [2.24, 2.45) is 0 Å². The van der Waals surface area contributed by atoms with Crippen LogP contribution < -0.4 is 4.74 Å². The van der Waals surface area contributed by atoms with E-state index in [1.807, 2.05) is 25.1 Å². The minimum absolute atomic E-state index is 0.173. The quantitative estimate of drug-likeness (QED) is 0.299. The molecule has 0 unspecified atom stereocenters. The smallest absolute Gasteiger partial charge is 0.337 e. The lowest BCUT2D eigenvalue weighted by atomic mass is 9.84. The molecule has 0 amide bonds. The van der Waals surface area contributed by atoms with Crippen LogP contribution >= 0.6 is 0 Å². The topological polar surface area (TPSA) is 57.7 Å². The fraction of sp³-hybridized carbons (Fsp3) is 0.241. The van der Waals surface area contributed by atoms with Crippen molar-refractivity contribution in [1.29, 1.82) is 0 Å². The number of fused-ring (bicyclic) bond motifs is 1. The van der Waals surface area contributed by atoms with E-state index in [1.165, 1.54) is 19.2 Å². The van der Waals surface area contributed by atoms with Gasteiger partial charge in [0, 0.05) is 24.2 Å². The molecule has 0 atom stereocenters. The van der Waals surface area contributed by atoms with Crippen LogP contribution in [0.3, 0.4) is 0 Å². The van der Waals surface area contributed by atoms with E-state index in [0.29, 0.717) is 30.4 Å². The van der Waals surface area contributed by atoms with Crippen molar-refractivity contribution in [3.63, 3.8) is 0 Å². The molecule has 1 saturated heterocycles. The maximum Gasteiger partial charge on any atom is 0.337 e. The van der Waals surface area contributed by atoms with Crippen LogP contribution in [0.5, 0.6) is 11.6 Å². The predicted octanol–water partition coefficient (Wildman–Crippen LogP) is 6.82. The molecule has 0 saturated carbocycles. The number of halogens is 1. The van der Waals surface area contributed by atoms with Crippen molar-refractivity contribution in [3.05, 3.63) is 89.2 Å². The molecule has 3 aromatic carbocycles. The van der Waals surface area contributed by atoms with E-state index in [1.54, 1.807) is 24.3 Å². The Morgan fingerprint density at radius 2 is 1.71 bits per heavy atom. The number of nitrogens with zero attached hydrogens (tertiary/aromatic N) is 1. The molecule has 0 N–H and O–H groups in total. The normalized spacial score (nSPS) is 14.1. The second-order valence-corrected chi connectivity index (χ2v) is 8.74. The van der Waals surface area contributed by atoms with Gasteiger partial charge in [0.05, 0.1) is 18.2 Å². The Morgan fingerprint density at radius 3 is 2.40 bits per heavy atom. The van der Waals surface area contributed by atoms with E-state index in [-0.39, 0.29) is 11.7 Å². The van der Waals surface area contributed by atoms with Gasteiger partial charge in [0.25, 0.3) is 0 Å². The molecular weight excluding hydrogens is 445 g/mol. The van der Waals surface area contributed by atoms with E-state index in [4.69, 9.17) is 19.2 Å². The van der Waals surface area contributed by atoms with Gasteiger partial charge in [-0.15, -0.1) is 0 Å². The van der Waals surface area contributed by atoms with Crippen LogP contribution in [0, 0.1) is 12.7 Å². The van der Waals surface area contributed by atoms with Gasteiger partial charge in [-0.2, -0.15) is 0 Å². The lowest BCUT2D eigenvalue weighted by molar-refractivity contribution is 0.0600. The Balaban J connectivity index is 1.71. The lowest BCUT2D eigenvalue weighted by Gasteiger charge is -2.27. The molecule has 0 aliphatic carbocycles. The first-order chi connectivity index (χ1) is 17.0. The summed E-state index contributed by atoms with van der Waals surface area (Å²) in [6.07, 6.45) is 1.68. The van der Waals surface area contributed by atoms with E-state index < -0.39 is 5.97 Å². The molecule has 178 valence electrons. The number of ether oxygens (including phenoxy) is 3. The molecule has 1 aliphatic rings. The molecule has 6 heteroatoms. The van der Waals surface area contributed by atoms with Gasteiger partial charge in [-0.05, 0) is 84.8 Å². The SMILES string of the molecule is COC(=O)c1ccc(Oc2nc3cc(C)ccc3c(-c3ccc(F)cc3)c2C2CCOCC2)cc1. The fourth-order valence-electron chi connectivity index (χ4n) is 4.63. The summed E-state index contributed by atoms with van der Waals surface area (Å²) in [6.45, 7) is 3.34. The Labute approximate surface area is 203 Å². The average Bonchev–Trinajstić information content (AvgIpc) is 2.89. The van der Waals surface area contributed by atoms with Crippen LogP contribution in [-0.4, -0.2) is 31.3 Å². The number of esters is 1. The fourth-order valence-corrected chi connectivity index (χ4v) is 4.63. The van der Waals surface area contributed by atoms with Crippen molar-refractivity contribution in [2.45, 2.75) is 25.7 Å². The number of carbonyl (C=O) groups is 1. The molecular formula is C29H26FNO4. The van der Waals surface area contributed by atoms with Crippen LogP contribution in [0.15, 0.2) is 66.7 Å². The highest BCUT2D eigenvalue weighted by Crippen LogP contribution is 2.45. The first-order valence-electron chi connectivity index (χ1n) is 11.7. The van der Waals surface area contributed by atoms with E-state index >= 15 is 0 Å². The zero-order chi connectivity index (χ0) is 24.4. The third kappa shape index (κ3) is 4.75. The molecule has 0 spiro atoms. The van der Waals surface area contributed by atoms with Crippen LogP contribution in [0.2, 0.25) is 0 Å². The summed E-state index contributed by atoms with van der Waals surface area (Å²) >= 11 is 0. The summed E-state index contributed by atoms with van der Waals surface area (Å²) in [7, 11) is 1.35. The van der Waals surface area contributed by atoms with Gasteiger partial charge >= 0.3 is 5.97 Å². The molecule has 1 aromatic heterocycles. The van der Waals surface area contributed by atoms with E-state index in [9.17, 15) is 9.18 Å². The lowest BCUT2D eigenvalue weighted by Crippen LogP contribution is -2.16. The number of benzene rings is 3. The maximum atomic E-state index is 13.8. The van der Waals surface area contributed by atoms with Gasteiger partial charge in [-0.1, -0.05) is 24.3 Å². The Morgan fingerprint density at radius 1 is 1.00 bits per heavy atom. The highest BCUT2D eigenvalue weighted by Gasteiger charge is 2.27. The minimum Gasteiger partial charge on any atom is -0.465 e. The second kappa shape index (κ2) is 9.84. The average molecular weight is 472 g/mol. The van der Waals surface area contributed by atoms with Gasteiger partial charge in [-0.25, -0.2) is 14.2 Å². The van der Waals surface area contributed by atoms with Crippen LogP contribution in [0.1, 0.15) is 40.2 Å². The summed E-state index contributed by atoms with van der Waals surface area (Å²) in [5.74, 6) is 0.567. The van der Waals surface area contributed by atoms with E-state index in [2.05, 4.69) is 12.1 Å². The maximum absolute atomic E-state index is 13.8. The zero-order valence-electron chi connectivity index (χ0n) is 19.7. The number of hydrogen-bond donors (Lipinski definition) is 0. The summed E-state index contributed by atoms with van der Waals surface area (Å²) in [4.78, 5) is 16.8. The van der Waals surface area contributed by atoms with Gasteiger partial charge in [0.1, 0.15) is 11.6 Å². The van der Waals surface area contributed by atoms with Crippen molar-refractivity contribution < 1.29 is 23.4 Å². The largest absolute Gasteiger partial charge is 0.465 e. The molecule has 1 fully saturated rings. The molecule has 0 bridgehead atoms. The molecule has 0 radical (unpaired) electrons. The van der Waals surface area contributed by atoms with Crippen molar-refractivity contribution in [1.82, 2.24) is 4.98 Å². The predicted molar refractivity (Wildman–Crippen MR) is 133 cm³/mol. The Bertz CT molecular complexity index is 1360. The number of aryl methyl sites for hydroxylation is 1. The van der Waals surface area contributed by atoms with Crippen molar-refractivity contribution in [3.8, 4) is 22.8 Å². The Kier molecular flexibility index (Phi) is 6.47. The summed E-state index contributed by atoms with van der Waals surface area (Å²) in [5, 5.41) is 0.997.